The first-order chi connectivity index (χ1) is 11.6. The molecule has 0 spiro atoms. The molecule has 2 amide bonds. The summed E-state index contributed by atoms with van der Waals surface area (Å²) in [6.45, 7) is 0. The number of hydrogen-bond donors (Lipinski definition) is 0. The smallest absolute Gasteiger partial charge is 0.340 e. The fourth-order valence-corrected chi connectivity index (χ4v) is 2.65. The van der Waals surface area contributed by atoms with Gasteiger partial charge in [0.15, 0.2) is 0 Å². The van der Waals surface area contributed by atoms with E-state index in [1.807, 2.05) is 18.2 Å². The van der Waals surface area contributed by atoms with Crippen LogP contribution in [-0.4, -0.2) is 22.8 Å². The second-order valence-corrected chi connectivity index (χ2v) is 5.34. The van der Waals surface area contributed by atoms with E-state index in [4.69, 9.17) is 9.25 Å². The lowest BCUT2D eigenvalue weighted by atomic mass is 10.1. The fraction of sp³-hybridized carbons (Fsp3) is 0.0556. The summed E-state index contributed by atoms with van der Waals surface area (Å²) in [5, 5.41) is 1.36. The lowest BCUT2D eigenvalue weighted by Gasteiger charge is -2.11. The van der Waals surface area contributed by atoms with Gasteiger partial charge in [0.25, 0.3) is 11.8 Å². The summed E-state index contributed by atoms with van der Waals surface area (Å²) in [5.41, 5.74) is 1.10. The van der Waals surface area contributed by atoms with Crippen molar-refractivity contribution in [2.24, 2.45) is 0 Å². The summed E-state index contributed by atoms with van der Waals surface area (Å²) in [6.07, 6.45) is -0.178. The Bertz CT molecular complexity index is 920. The van der Waals surface area contributed by atoms with Gasteiger partial charge in [-0.15, -0.1) is 0 Å². The number of furan rings is 1. The van der Waals surface area contributed by atoms with Crippen LogP contribution in [0.4, 0.5) is 0 Å². The highest BCUT2D eigenvalue weighted by Crippen LogP contribution is 2.24. The Kier molecular flexibility index (Phi) is 3.16. The zero-order valence-corrected chi connectivity index (χ0v) is 12.4. The van der Waals surface area contributed by atoms with Crippen LogP contribution < -0.4 is 0 Å². The van der Waals surface area contributed by atoms with Crippen LogP contribution in [-0.2, 0) is 16.1 Å². The molecule has 1 aliphatic heterocycles. The van der Waals surface area contributed by atoms with E-state index in [-0.39, 0.29) is 17.5 Å². The SMILES string of the molecule is O=C(Cc1cc2ccccc2o1)ON1C(=O)c2ccccc2C1=O. The molecule has 0 aliphatic carbocycles. The minimum absolute atomic E-state index is 0.178. The van der Waals surface area contributed by atoms with Crippen molar-refractivity contribution in [1.82, 2.24) is 5.06 Å². The van der Waals surface area contributed by atoms with Gasteiger partial charge in [-0.1, -0.05) is 35.4 Å². The minimum atomic E-state index is -0.747. The third kappa shape index (κ3) is 2.25. The van der Waals surface area contributed by atoms with Crippen LogP contribution in [0, 0.1) is 0 Å². The highest BCUT2D eigenvalue weighted by atomic mass is 16.7. The predicted molar refractivity (Wildman–Crippen MR) is 83.0 cm³/mol. The molecule has 2 aromatic carbocycles. The summed E-state index contributed by atoms with van der Waals surface area (Å²) in [7, 11) is 0. The largest absolute Gasteiger partial charge is 0.460 e. The van der Waals surface area contributed by atoms with E-state index < -0.39 is 17.8 Å². The molecule has 24 heavy (non-hydrogen) atoms. The maximum absolute atomic E-state index is 12.1. The minimum Gasteiger partial charge on any atom is -0.460 e. The van der Waals surface area contributed by atoms with Crippen molar-refractivity contribution >= 4 is 28.8 Å². The van der Waals surface area contributed by atoms with Gasteiger partial charge in [0.2, 0.25) is 0 Å². The van der Waals surface area contributed by atoms with Crippen LogP contribution in [0.1, 0.15) is 26.5 Å². The van der Waals surface area contributed by atoms with Crippen molar-refractivity contribution in [3.8, 4) is 0 Å². The third-order valence-electron chi connectivity index (χ3n) is 3.75. The van der Waals surface area contributed by atoms with Gasteiger partial charge in [-0.3, -0.25) is 9.59 Å². The highest BCUT2D eigenvalue weighted by Gasteiger charge is 2.38. The van der Waals surface area contributed by atoms with E-state index >= 15 is 0 Å². The van der Waals surface area contributed by atoms with Crippen molar-refractivity contribution in [3.63, 3.8) is 0 Å². The molecule has 0 fully saturated rings. The molecule has 0 saturated carbocycles. The molecule has 118 valence electrons. The van der Waals surface area contributed by atoms with Crippen LogP contribution in [0.25, 0.3) is 11.0 Å². The molecule has 0 atom stereocenters. The van der Waals surface area contributed by atoms with Gasteiger partial charge in [-0.2, -0.15) is 0 Å². The monoisotopic (exact) mass is 321 g/mol. The van der Waals surface area contributed by atoms with Crippen LogP contribution in [0.2, 0.25) is 0 Å². The molecule has 0 saturated heterocycles. The Morgan fingerprint density at radius 1 is 0.958 bits per heavy atom. The van der Waals surface area contributed by atoms with Crippen LogP contribution in [0.15, 0.2) is 59.0 Å². The number of carbonyl (C=O) groups excluding carboxylic acids is 3. The third-order valence-corrected chi connectivity index (χ3v) is 3.75. The average Bonchev–Trinajstić information content (AvgIpc) is 3.09. The molecule has 0 N–H and O–H groups in total. The second kappa shape index (κ2) is 5.34. The molecular formula is C18H11NO5. The van der Waals surface area contributed by atoms with Crippen molar-refractivity contribution in [2.75, 3.05) is 0 Å². The van der Waals surface area contributed by atoms with E-state index in [9.17, 15) is 14.4 Å². The molecule has 6 nitrogen and oxygen atoms in total. The first-order valence-electron chi connectivity index (χ1n) is 7.29. The fourth-order valence-electron chi connectivity index (χ4n) is 2.65. The first kappa shape index (κ1) is 14.2. The molecule has 1 aromatic heterocycles. The van der Waals surface area contributed by atoms with E-state index in [1.54, 1.807) is 24.3 Å². The van der Waals surface area contributed by atoms with Gasteiger partial charge in [0, 0.05) is 5.39 Å². The van der Waals surface area contributed by atoms with E-state index in [0.29, 0.717) is 16.4 Å². The van der Waals surface area contributed by atoms with Gasteiger partial charge in [0.05, 0.1) is 11.1 Å². The molecule has 6 heteroatoms. The molecule has 2 heterocycles. The van der Waals surface area contributed by atoms with E-state index in [1.165, 1.54) is 12.1 Å². The van der Waals surface area contributed by atoms with Crippen molar-refractivity contribution in [1.29, 1.82) is 0 Å². The molecule has 0 unspecified atom stereocenters. The van der Waals surface area contributed by atoms with Gasteiger partial charge < -0.3 is 9.25 Å². The average molecular weight is 321 g/mol. The maximum atomic E-state index is 12.1. The van der Waals surface area contributed by atoms with Crippen LogP contribution in [0.3, 0.4) is 0 Å². The lowest BCUT2D eigenvalue weighted by Crippen LogP contribution is -2.33. The number of fused-ring (bicyclic) bond motifs is 2. The number of carbonyl (C=O) groups is 3. The van der Waals surface area contributed by atoms with Gasteiger partial charge in [0.1, 0.15) is 17.8 Å². The molecule has 3 aromatic rings. The molecule has 0 bridgehead atoms. The number of para-hydroxylation sites is 1. The summed E-state index contributed by atoms with van der Waals surface area (Å²) in [6, 6.07) is 15.4. The number of imide groups is 1. The Hall–Kier alpha value is -3.41. The highest BCUT2D eigenvalue weighted by molar-refractivity contribution is 6.20. The Morgan fingerprint density at radius 3 is 2.25 bits per heavy atom. The number of hydrogen-bond acceptors (Lipinski definition) is 5. The van der Waals surface area contributed by atoms with E-state index in [0.717, 1.165) is 5.39 Å². The van der Waals surface area contributed by atoms with Crippen molar-refractivity contribution < 1.29 is 23.6 Å². The zero-order chi connectivity index (χ0) is 16.7. The molecule has 4 rings (SSSR count). The lowest BCUT2D eigenvalue weighted by molar-refractivity contribution is -0.167. The van der Waals surface area contributed by atoms with Crippen LogP contribution in [0.5, 0.6) is 0 Å². The second-order valence-electron chi connectivity index (χ2n) is 5.34. The summed E-state index contributed by atoms with van der Waals surface area (Å²) in [5.74, 6) is -1.64. The van der Waals surface area contributed by atoms with Gasteiger partial charge in [-0.05, 0) is 24.3 Å². The predicted octanol–water partition coefficient (Wildman–Crippen LogP) is 2.73. The van der Waals surface area contributed by atoms with Gasteiger partial charge in [-0.25, -0.2) is 4.79 Å². The van der Waals surface area contributed by atoms with Crippen molar-refractivity contribution in [2.45, 2.75) is 6.42 Å². The topological polar surface area (TPSA) is 76.8 Å². The number of rotatable bonds is 3. The zero-order valence-electron chi connectivity index (χ0n) is 12.4. The summed E-state index contributed by atoms with van der Waals surface area (Å²) < 4.78 is 5.53. The standard InChI is InChI=1S/C18H11NO5/c20-16(10-12-9-11-5-1-4-8-15(11)23-12)24-19-17(21)13-6-2-3-7-14(13)18(19)22/h1-9H,10H2. The number of nitrogens with zero attached hydrogens (tertiary/aromatic N) is 1. The molecule has 0 radical (unpaired) electrons. The van der Waals surface area contributed by atoms with Gasteiger partial charge >= 0.3 is 5.97 Å². The summed E-state index contributed by atoms with van der Waals surface area (Å²) >= 11 is 0. The van der Waals surface area contributed by atoms with Crippen molar-refractivity contribution in [3.05, 3.63) is 71.5 Å². The Morgan fingerprint density at radius 2 is 1.58 bits per heavy atom. The maximum Gasteiger partial charge on any atom is 0.340 e. The quantitative estimate of drug-likeness (QED) is 0.693. The van der Waals surface area contributed by atoms with Crippen LogP contribution >= 0.6 is 0 Å². The number of amides is 2. The first-order valence-corrected chi connectivity index (χ1v) is 7.29. The van der Waals surface area contributed by atoms with E-state index in [2.05, 4.69) is 0 Å². The number of hydroxylamine groups is 2. The Balaban J connectivity index is 1.51. The molecule has 1 aliphatic rings. The summed E-state index contributed by atoms with van der Waals surface area (Å²) in [4.78, 5) is 41.3. The molecular weight excluding hydrogens is 310 g/mol. The Labute approximate surface area is 136 Å². The number of benzene rings is 2. The normalized spacial score (nSPS) is 13.4.